The van der Waals surface area contributed by atoms with Crippen LogP contribution in [-0.4, -0.2) is 30.5 Å². The summed E-state index contributed by atoms with van der Waals surface area (Å²) in [5.74, 6) is -1.21. The summed E-state index contributed by atoms with van der Waals surface area (Å²) in [6.07, 6.45) is -0.938. The molecule has 0 aliphatic carbocycles. The SMILES string of the molecule is CCOC(=O)C(NC(=O)Oc1ccccc1)C(=O)c1ccc(Cl)cc1. The number of hydrogen-bond donors (Lipinski definition) is 1. The molecule has 0 aromatic heterocycles. The molecular formula is C18H16ClNO5. The lowest BCUT2D eigenvalue weighted by Gasteiger charge is -2.16. The molecule has 0 fully saturated rings. The summed E-state index contributed by atoms with van der Waals surface area (Å²) in [5, 5.41) is 2.69. The molecule has 0 saturated carbocycles. The van der Waals surface area contributed by atoms with Crippen molar-refractivity contribution in [1.29, 1.82) is 0 Å². The number of ether oxygens (including phenoxy) is 2. The number of benzene rings is 2. The largest absolute Gasteiger partial charge is 0.464 e. The van der Waals surface area contributed by atoms with E-state index in [0.29, 0.717) is 5.02 Å². The molecule has 2 aromatic rings. The second kappa shape index (κ2) is 8.84. The summed E-state index contributed by atoms with van der Waals surface area (Å²) < 4.78 is 9.91. The fourth-order valence-electron chi connectivity index (χ4n) is 1.98. The zero-order chi connectivity index (χ0) is 18.2. The van der Waals surface area contributed by atoms with E-state index >= 15 is 0 Å². The summed E-state index contributed by atoms with van der Waals surface area (Å²) >= 11 is 5.79. The predicted molar refractivity (Wildman–Crippen MR) is 91.8 cm³/mol. The summed E-state index contributed by atoms with van der Waals surface area (Å²) in [4.78, 5) is 36.6. The first-order valence-electron chi connectivity index (χ1n) is 7.51. The van der Waals surface area contributed by atoms with Gasteiger partial charge in [-0.1, -0.05) is 29.8 Å². The highest BCUT2D eigenvalue weighted by molar-refractivity contribution is 6.30. The number of carbonyl (C=O) groups excluding carboxylic acids is 3. The van der Waals surface area contributed by atoms with Crippen LogP contribution < -0.4 is 10.1 Å². The Labute approximate surface area is 149 Å². The number of Topliss-reactive ketones (excluding diaryl/α,β-unsaturated/α-hetero) is 1. The van der Waals surface area contributed by atoms with Crippen molar-refractivity contribution in [1.82, 2.24) is 5.32 Å². The fraction of sp³-hybridized carbons (Fsp3) is 0.167. The standard InChI is InChI=1S/C18H16ClNO5/c1-2-24-17(22)15(16(21)12-8-10-13(19)11-9-12)20-18(23)25-14-6-4-3-5-7-14/h3-11,15H,2H2,1H3,(H,20,23). The predicted octanol–water partition coefficient (Wildman–Crippen LogP) is 3.24. The van der Waals surface area contributed by atoms with Crippen molar-refractivity contribution >= 4 is 29.4 Å². The van der Waals surface area contributed by atoms with E-state index < -0.39 is 23.9 Å². The Morgan fingerprint density at radius 2 is 1.68 bits per heavy atom. The molecule has 2 rings (SSSR count). The van der Waals surface area contributed by atoms with E-state index in [1.165, 1.54) is 24.3 Å². The number of para-hydroxylation sites is 1. The third-order valence-corrected chi connectivity index (χ3v) is 3.38. The minimum Gasteiger partial charge on any atom is -0.464 e. The Balaban J connectivity index is 2.14. The van der Waals surface area contributed by atoms with Gasteiger partial charge < -0.3 is 14.8 Å². The van der Waals surface area contributed by atoms with Crippen LogP contribution in [0.1, 0.15) is 17.3 Å². The summed E-state index contributed by atoms with van der Waals surface area (Å²) in [6.45, 7) is 1.67. The Hall–Kier alpha value is -2.86. The molecule has 130 valence electrons. The molecule has 0 heterocycles. The van der Waals surface area contributed by atoms with E-state index in [1.807, 2.05) is 0 Å². The van der Waals surface area contributed by atoms with Crippen LogP contribution in [-0.2, 0) is 9.53 Å². The van der Waals surface area contributed by atoms with Crippen LogP contribution in [0.2, 0.25) is 5.02 Å². The molecule has 0 saturated heterocycles. The van der Waals surface area contributed by atoms with Crippen molar-refractivity contribution in [3.63, 3.8) is 0 Å². The lowest BCUT2D eigenvalue weighted by molar-refractivity contribution is -0.144. The van der Waals surface area contributed by atoms with E-state index in [0.717, 1.165) is 0 Å². The smallest absolute Gasteiger partial charge is 0.413 e. The number of amides is 1. The molecular weight excluding hydrogens is 346 g/mol. The van der Waals surface area contributed by atoms with Gasteiger partial charge in [-0.2, -0.15) is 0 Å². The van der Waals surface area contributed by atoms with Gasteiger partial charge in [0.1, 0.15) is 5.75 Å². The lowest BCUT2D eigenvalue weighted by atomic mass is 10.0. The first kappa shape index (κ1) is 18.5. The molecule has 0 bridgehead atoms. The normalized spacial score (nSPS) is 11.3. The number of hydrogen-bond acceptors (Lipinski definition) is 5. The van der Waals surface area contributed by atoms with E-state index in [1.54, 1.807) is 37.3 Å². The molecule has 2 aromatic carbocycles. The molecule has 1 amide bonds. The van der Waals surface area contributed by atoms with Crippen molar-refractivity contribution in [3.8, 4) is 5.75 Å². The van der Waals surface area contributed by atoms with Crippen molar-refractivity contribution in [3.05, 3.63) is 65.2 Å². The third kappa shape index (κ3) is 5.32. The van der Waals surface area contributed by atoms with Gasteiger partial charge in [-0.3, -0.25) is 4.79 Å². The fourth-order valence-corrected chi connectivity index (χ4v) is 2.11. The van der Waals surface area contributed by atoms with Crippen molar-refractivity contribution < 1.29 is 23.9 Å². The first-order chi connectivity index (χ1) is 12.0. The minimum atomic E-state index is -1.52. The monoisotopic (exact) mass is 361 g/mol. The molecule has 6 nitrogen and oxygen atoms in total. The second-order valence-electron chi connectivity index (χ2n) is 4.90. The third-order valence-electron chi connectivity index (χ3n) is 3.13. The maximum atomic E-state index is 12.5. The molecule has 0 radical (unpaired) electrons. The molecule has 7 heteroatoms. The lowest BCUT2D eigenvalue weighted by Crippen LogP contribution is -2.48. The van der Waals surface area contributed by atoms with Gasteiger partial charge in [0.05, 0.1) is 6.61 Å². The number of rotatable bonds is 6. The quantitative estimate of drug-likeness (QED) is 0.485. The van der Waals surface area contributed by atoms with Crippen molar-refractivity contribution in [2.24, 2.45) is 0 Å². The van der Waals surface area contributed by atoms with Crippen LogP contribution in [0.5, 0.6) is 5.75 Å². The molecule has 1 atom stereocenters. The average Bonchev–Trinajstić information content (AvgIpc) is 2.61. The molecule has 1 unspecified atom stereocenters. The first-order valence-corrected chi connectivity index (χ1v) is 7.89. The van der Waals surface area contributed by atoms with Gasteiger partial charge in [0.25, 0.3) is 0 Å². The van der Waals surface area contributed by atoms with Gasteiger partial charge in [0.2, 0.25) is 0 Å². The Morgan fingerprint density at radius 3 is 2.28 bits per heavy atom. The summed E-state index contributed by atoms with van der Waals surface area (Å²) in [5.41, 5.74) is 0.211. The number of esters is 1. The molecule has 0 aliphatic heterocycles. The van der Waals surface area contributed by atoms with Gasteiger partial charge in [-0.15, -0.1) is 0 Å². The maximum absolute atomic E-state index is 12.5. The van der Waals surface area contributed by atoms with Gasteiger partial charge in [0.15, 0.2) is 11.8 Å². The van der Waals surface area contributed by atoms with E-state index in [4.69, 9.17) is 21.1 Å². The van der Waals surface area contributed by atoms with Crippen molar-refractivity contribution in [2.45, 2.75) is 13.0 Å². The van der Waals surface area contributed by atoms with Gasteiger partial charge in [0, 0.05) is 10.6 Å². The highest BCUT2D eigenvalue weighted by atomic mass is 35.5. The Morgan fingerprint density at radius 1 is 1.04 bits per heavy atom. The zero-order valence-corrected chi connectivity index (χ0v) is 14.2. The van der Waals surface area contributed by atoms with Gasteiger partial charge >= 0.3 is 12.1 Å². The number of halogens is 1. The second-order valence-corrected chi connectivity index (χ2v) is 5.34. The Bertz CT molecular complexity index is 746. The van der Waals surface area contributed by atoms with Gasteiger partial charge in [-0.25, -0.2) is 9.59 Å². The highest BCUT2D eigenvalue weighted by Gasteiger charge is 2.31. The highest BCUT2D eigenvalue weighted by Crippen LogP contribution is 2.13. The maximum Gasteiger partial charge on any atom is 0.413 e. The van der Waals surface area contributed by atoms with Crippen LogP contribution in [0, 0.1) is 0 Å². The van der Waals surface area contributed by atoms with E-state index in [-0.39, 0.29) is 17.9 Å². The van der Waals surface area contributed by atoms with E-state index in [2.05, 4.69) is 5.32 Å². The van der Waals surface area contributed by atoms with Gasteiger partial charge in [-0.05, 0) is 43.3 Å². The average molecular weight is 362 g/mol. The number of ketones is 1. The van der Waals surface area contributed by atoms with Crippen LogP contribution in [0.3, 0.4) is 0 Å². The summed E-state index contributed by atoms with van der Waals surface area (Å²) in [6, 6.07) is 12.7. The number of carbonyl (C=O) groups is 3. The zero-order valence-electron chi connectivity index (χ0n) is 13.4. The van der Waals surface area contributed by atoms with Crippen LogP contribution in [0.15, 0.2) is 54.6 Å². The minimum absolute atomic E-state index is 0.0681. The van der Waals surface area contributed by atoms with Crippen LogP contribution in [0.25, 0.3) is 0 Å². The number of nitrogens with one attached hydrogen (secondary N) is 1. The molecule has 1 N–H and O–H groups in total. The van der Waals surface area contributed by atoms with Crippen LogP contribution >= 0.6 is 11.6 Å². The van der Waals surface area contributed by atoms with Crippen LogP contribution in [0.4, 0.5) is 4.79 Å². The molecule has 0 spiro atoms. The molecule has 25 heavy (non-hydrogen) atoms. The topological polar surface area (TPSA) is 81.7 Å². The molecule has 0 aliphatic rings. The Kier molecular flexibility index (Phi) is 6.54. The summed E-state index contributed by atoms with van der Waals surface area (Å²) in [7, 11) is 0. The van der Waals surface area contributed by atoms with E-state index in [9.17, 15) is 14.4 Å². The van der Waals surface area contributed by atoms with Crippen molar-refractivity contribution in [2.75, 3.05) is 6.61 Å².